The number of aryl methyl sites for hydroxylation is 1. The predicted octanol–water partition coefficient (Wildman–Crippen LogP) is 3.26. The Hall–Kier alpha value is -1.45. The summed E-state index contributed by atoms with van der Waals surface area (Å²) in [6.07, 6.45) is 6.46. The van der Waals surface area contributed by atoms with Crippen LogP contribution in [0.4, 0.5) is 0 Å². The predicted molar refractivity (Wildman–Crippen MR) is 73.1 cm³/mol. The second kappa shape index (κ2) is 6.13. The number of hydrogen-bond acceptors (Lipinski definition) is 4. The van der Waals surface area contributed by atoms with Gasteiger partial charge < -0.3 is 4.74 Å². The van der Waals surface area contributed by atoms with Crippen LogP contribution in [-0.4, -0.2) is 22.5 Å². The normalized spacial score (nSPS) is 22.5. The lowest BCUT2D eigenvalue weighted by Crippen LogP contribution is -2.11. The smallest absolute Gasteiger partial charge is 0.341 e. The molecular weight excluding hydrogens is 240 g/mol. The third kappa shape index (κ3) is 3.11. The van der Waals surface area contributed by atoms with E-state index in [1.54, 1.807) is 13.1 Å². The van der Waals surface area contributed by atoms with Crippen LogP contribution in [0, 0.1) is 12.8 Å². The molecule has 1 aromatic rings. The topological polar surface area (TPSA) is 52.1 Å². The van der Waals surface area contributed by atoms with Crippen molar-refractivity contribution in [1.29, 1.82) is 0 Å². The van der Waals surface area contributed by atoms with E-state index in [4.69, 9.17) is 4.74 Å². The molecule has 1 aliphatic rings. The first-order chi connectivity index (χ1) is 9.15. The molecule has 1 aromatic heterocycles. The Balaban J connectivity index is 2.13. The molecule has 2 rings (SSSR count). The van der Waals surface area contributed by atoms with Gasteiger partial charge in [0.05, 0.1) is 17.9 Å². The van der Waals surface area contributed by atoms with E-state index in [1.165, 1.54) is 19.3 Å². The second-order valence-corrected chi connectivity index (χ2v) is 5.23. The zero-order chi connectivity index (χ0) is 13.8. The Bertz CT molecular complexity index is 459. The minimum absolute atomic E-state index is 0.329. The van der Waals surface area contributed by atoms with Gasteiger partial charge in [-0.05, 0) is 39.0 Å². The average Bonchev–Trinajstić information content (AvgIpc) is 2.87. The van der Waals surface area contributed by atoms with Gasteiger partial charge in [-0.2, -0.15) is 0 Å². The molecule has 4 heteroatoms. The van der Waals surface area contributed by atoms with E-state index < -0.39 is 0 Å². The first kappa shape index (κ1) is 14.0. The molecule has 4 nitrogen and oxygen atoms in total. The number of rotatable bonds is 4. The Labute approximate surface area is 114 Å². The Morgan fingerprint density at radius 3 is 2.79 bits per heavy atom. The summed E-state index contributed by atoms with van der Waals surface area (Å²) in [4.78, 5) is 20.6. The fourth-order valence-electron chi connectivity index (χ4n) is 2.77. The van der Waals surface area contributed by atoms with Crippen molar-refractivity contribution in [3.05, 3.63) is 23.3 Å². The van der Waals surface area contributed by atoms with Crippen LogP contribution >= 0.6 is 0 Å². The summed E-state index contributed by atoms with van der Waals surface area (Å²) >= 11 is 0. The lowest BCUT2D eigenvalue weighted by molar-refractivity contribution is 0.0524. The molecule has 1 fully saturated rings. The first-order valence-electron chi connectivity index (χ1n) is 7.16. The van der Waals surface area contributed by atoms with Crippen LogP contribution in [0.1, 0.15) is 67.3 Å². The molecule has 1 saturated carbocycles. The van der Waals surface area contributed by atoms with Gasteiger partial charge in [-0.15, -0.1) is 0 Å². The SMILES string of the molecule is CCOC(=O)c1cnc(C2CCC(CC)C2)nc1C. The number of carbonyl (C=O) groups is 1. The maximum Gasteiger partial charge on any atom is 0.341 e. The van der Waals surface area contributed by atoms with Gasteiger partial charge in [-0.3, -0.25) is 0 Å². The molecule has 0 N–H and O–H groups in total. The summed E-state index contributed by atoms with van der Waals surface area (Å²) < 4.78 is 4.99. The third-order valence-electron chi connectivity index (χ3n) is 3.98. The molecule has 0 aliphatic heterocycles. The molecule has 2 unspecified atom stereocenters. The maximum absolute atomic E-state index is 11.7. The summed E-state index contributed by atoms with van der Waals surface area (Å²) in [6.45, 7) is 6.26. The van der Waals surface area contributed by atoms with Crippen LogP contribution in [0.5, 0.6) is 0 Å². The first-order valence-corrected chi connectivity index (χ1v) is 7.16. The van der Waals surface area contributed by atoms with Gasteiger partial charge in [0.2, 0.25) is 0 Å². The zero-order valence-electron chi connectivity index (χ0n) is 12.0. The summed E-state index contributed by atoms with van der Waals surface area (Å²) in [5, 5.41) is 0. The van der Waals surface area contributed by atoms with Crippen molar-refractivity contribution in [2.24, 2.45) is 5.92 Å². The van der Waals surface area contributed by atoms with Gasteiger partial charge in [-0.25, -0.2) is 14.8 Å². The van der Waals surface area contributed by atoms with Gasteiger partial charge in [0.1, 0.15) is 5.82 Å². The minimum Gasteiger partial charge on any atom is -0.462 e. The molecule has 19 heavy (non-hydrogen) atoms. The summed E-state index contributed by atoms with van der Waals surface area (Å²) in [6, 6.07) is 0. The fourth-order valence-corrected chi connectivity index (χ4v) is 2.77. The van der Waals surface area contributed by atoms with Crippen molar-refractivity contribution < 1.29 is 9.53 Å². The lowest BCUT2D eigenvalue weighted by Gasteiger charge is -2.11. The van der Waals surface area contributed by atoms with Gasteiger partial charge in [0, 0.05) is 12.1 Å². The highest BCUT2D eigenvalue weighted by Crippen LogP contribution is 2.38. The van der Waals surface area contributed by atoms with Crippen molar-refractivity contribution in [2.75, 3.05) is 6.61 Å². The molecule has 0 radical (unpaired) electrons. The second-order valence-electron chi connectivity index (χ2n) is 5.23. The van der Waals surface area contributed by atoms with Crippen molar-refractivity contribution in [3.63, 3.8) is 0 Å². The van der Waals surface area contributed by atoms with Crippen molar-refractivity contribution >= 4 is 5.97 Å². The standard InChI is InChI=1S/C15H22N2O2/c1-4-11-6-7-12(8-11)14-16-9-13(10(3)17-14)15(18)19-5-2/h9,11-12H,4-8H2,1-3H3. The molecule has 0 bridgehead atoms. The van der Waals surface area contributed by atoms with E-state index in [1.807, 2.05) is 6.92 Å². The molecule has 1 heterocycles. The average molecular weight is 262 g/mol. The van der Waals surface area contributed by atoms with Crippen molar-refractivity contribution in [3.8, 4) is 0 Å². The highest BCUT2D eigenvalue weighted by atomic mass is 16.5. The van der Waals surface area contributed by atoms with E-state index in [0.717, 1.165) is 23.9 Å². The summed E-state index contributed by atoms with van der Waals surface area (Å²) in [7, 11) is 0. The van der Waals surface area contributed by atoms with Crippen LogP contribution in [0.2, 0.25) is 0 Å². The monoisotopic (exact) mass is 262 g/mol. The van der Waals surface area contributed by atoms with E-state index in [2.05, 4.69) is 16.9 Å². The minimum atomic E-state index is -0.329. The maximum atomic E-state index is 11.7. The highest BCUT2D eigenvalue weighted by molar-refractivity contribution is 5.90. The van der Waals surface area contributed by atoms with Crippen LogP contribution in [-0.2, 0) is 4.74 Å². The number of ether oxygens (including phenoxy) is 1. The molecule has 0 spiro atoms. The van der Waals surface area contributed by atoms with Gasteiger partial charge in [0.15, 0.2) is 0 Å². The van der Waals surface area contributed by atoms with E-state index in [-0.39, 0.29) is 5.97 Å². The number of esters is 1. The highest BCUT2D eigenvalue weighted by Gasteiger charge is 2.27. The van der Waals surface area contributed by atoms with Crippen LogP contribution < -0.4 is 0 Å². The Morgan fingerprint density at radius 2 is 2.21 bits per heavy atom. The Kier molecular flexibility index (Phi) is 4.51. The van der Waals surface area contributed by atoms with Crippen LogP contribution in [0.15, 0.2) is 6.20 Å². The zero-order valence-corrected chi connectivity index (χ0v) is 12.0. The van der Waals surface area contributed by atoms with Crippen LogP contribution in [0.25, 0.3) is 0 Å². The molecular formula is C15H22N2O2. The molecule has 2 atom stereocenters. The molecule has 0 aromatic carbocycles. The summed E-state index contributed by atoms with van der Waals surface area (Å²) in [5.41, 5.74) is 1.21. The van der Waals surface area contributed by atoms with Gasteiger partial charge in [0.25, 0.3) is 0 Å². The molecule has 104 valence electrons. The van der Waals surface area contributed by atoms with E-state index in [0.29, 0.717) is 18.1 Å². The number of nitrogens with zero attached hydrogens (tertiary/aromatic N) is 2. The molecule has 1 aliphatic carbocycles. The number of aromatic nitrogens is 2. The number of carbonyl (C=O) groups excluding carboxylic acids is 1. The van der Waals surface area contributed by atoms with Crippen molar-refractivity contribution in [1.82, 2.24) is 9.97 Å². The van der Waals surface area contributed by atoms with Gasteiger partial charge in [-0.1, -0.05) is 13.3 Å². The van der Waals surface area contributed by atoms with Crippen LogP contribution in [0.3, 0.4) is 0 Å². The lowest BCUT2D eigenvalue weighted by atomic mass is 10.0. The van der Waals surface area contributed by atoms with Crippen molar-refractivity contribution in [2.45, 2.75) is 52.4 Å². The largest absolute Gasteiger partial charge is 0.462 e. The summed E-state index contributed by atoms with van der Waals surface area (Å²) in [5.74, 6) is 1.82. The molecule has 0 saturated heterocycles. The fraction of sp³-hybridized carbons (Fsp3) is 0.667. The van der Waals surface area contributed by atoms with E-state index >= 15 is 0 Å². The third-order valence-corrected chi connectivity index (χ3v) is 3.98. The Morgan fingerprint density at radius 1 is 1.42 bits per heavy atom. The van der Waals surface area contributed by atoms with Gasteiger partial charge >= 0.3 is 5.97 Å². The van der Waals surface area contributed by atoms with E-state index in [9.17, 15) is 4.79 Å². The molecule has 0 amide bonds. The quantitative estimate of drug-likeness (QED) is 0.781. The number of hydrogen-bond donors (Lipinski definition) is 0.